The summed E-state index contributed by atoms with van der Waals surface area (Å²) in [5.41, 5.74) is 2.23. The van der Waals surface area contributed by atoms with Gasteiger partial charge in [-0.3, -0.25) is 4.90 Å². The minimum Gasteiger partial charge on any atom is -0.338 e. The van der Waals surface area contributed by atoms with Crippen molar-refractivity contribution in [1.29, 1.82) is 0 Å². The van der Waals surface area contributed by atoms with Crippen molar-refractivity contribution < 1.29 is 17.6 Å². The fourth-order valence-corrected chi connectivity index (χ4v) is 4.02. The third kappa shape index (κ3) is 4.45. The van der Waals surface area contributed by atoms with E-state index < -0.39 is 10.0 Å². The number of anilines is 1. The lowest BCUT2D eigenvalue weighted by molar-refractivity contribution is 0.247. The smallest absolute Gasteiger partial charge is 0.321 e. The molecule has 2 aromatic carbocycles. The van der Waals surface area contributed by atoms with E-state index in [0.29, 0.717) is 25.1 Å². The van der Waals surface area contributed by atoms with Crippen molar-refractivity contribution in [1.82, 2.24) is 10.0 Å². The standard InChI is InChI=1S/C19H22FN3O3S/c1-2-10-21-19(24)23-11-9-15-12-17(7-8-18(15)23)27(25,26)22-13-14-3-5-16(20)6-4-14/h3-8,12,22H,2,9-11,13H2,1H3,(H,21,24). The number of amides is 2. The van der Waals surface area contributed by atoms with Crippen LogP contribution in [0.3, 0.4) is 0 Å². The first-order valence-electron chi connectivity index (χ1n) is 8.83. The lowest BCUT2D eigenvalue weighted by Gasteiger charge is -2.18. The molecule has 0 atom stereocenters. The number of nitrogens with one attached hydrogen (secondary N) is 2. The number of fused-ring (bicyclic) bond motifs is 1. The zero-order valence-corrected chi connectivity index (χ0v) is 15.9. The Morgan fingerprint density at radius 1 is 1.19 bits per heavy atom. The molecule has 2 amide bonds. The molecule has 0 radical (unpaired) electrons. The summed E-state index contributed by atoms with van der Waals surface area (Å²) in [6, 6.07) is 10.3. The number of carbonyl (C=O) groups excluding carboxylic acids is 1. The first-order valence-corrected chi connectivity index (χ1v) is 10.3. The van der Waals surface area contributed by atoms with Gasteiger partial charge in [-0.2, -0.15) is 0 Å². The SMILES string of the molecule is CCCNC(=O)N1CCc2cc(S(=O)(=O)NCc3ccc(F)cc3)ccc21. The monoisotopic (exact) mass is 391 g/mol. The number of rotatable bonds is 6. The number of urea groups is 1. The van der Waals surface area contributed by atoms with Crippen molar-refractivity contribution in [2.24, 2.45) is 0 Å². The molecule has 0 fully saturated rings. The van der Waals surface area contributed by atoms with Gasteiger partial charge in [-0.05, 0) is 54.3 Å². The van der Waals surface area contributed by atoms with Crippen LogP contribution in [0.25, 0.3) is 0 Å². The van der Waals surface area contributed by atoms with Gasteiger partial charge < -0.3 is 5.32 Å². The number of nitrogens with zero attached hydrogens (tertiary/aromatic N) is 1. The van der Waals surface area contributed by atoms with Gasteiger partial charge in [0.15, 0.2) is 0 Å². The Morgan fingerprint density at radius 2 is 1.93 bits per heavy atom. The van der Waals surface area contributed by atoms with E-state index in [1.807, 2.05) is 6.92 Å². The van der Waals surface area contributed by atoms with Crippen LogP contribution in [-0.2, 0) is 23.0 Å². The third-order valence-corrected chi connectivity index (χ3v) is 5.81. The molecule has 2 N–H and O–H groups in total. The van der Waals surface area contributed by atoms with E-state index in [9.17, 15) is 17.6 Å². The van der Waals surface area contributed by atoms with Crippen LogP contribution in [0, 0.1) is 5.82 Å². The maximum Gasteiger partial charge on any atom is 0.321 e. The maximum atomic E-state index is 12.9. The first kappa shape index (κ1) is 19.3. The molecule has 27 heavy (non-hydrogen) atoms. The van der Waals surface area contributed by atoms with Gasteiger partial charge in [-0.25, -0.2) is 22.3 Å². The molecule has 2 aromatic rings. The molecule has 0 saturated heterocycles. The van der Waals surface area contributed by atoms with Gasteiger partial charge in [-0.1, -0.05) is 19.1 Å². The Bertz CT molecular complexity index is 930. The summed E-state index contributed by atoms with van der Waals surface area (Å²) < 4.78 is 40.6. The summed E-state index contributed by atoms with van der Waals surface area (Å²) in [4.78, 5) is 14.0. The Labute approximate surface area is 158 Å². The van der Waals surface area contributed by atoms with E-state index in [4.69, 9.17) is 0 Å². The van der Waals surface area contributed by atoms with Crippen molar-refractivity contribution in [3.8, 4) is 0 Å². The largest absolute Gasteiger partial charge is 0.338 e. The minimum absolute atomic E-state index is 0.0746. The predicted molar refractivity (Wildman–Crippen MR) is 102 cm³/mol. The second kappa shape index (κ2) is 8.06. The van der Waals surface area contributed by atoms with Crippen molar-refractivity contribution >= 4 is 21.7 Å². The molecule has 3 rings (SSSR count). The van der Waals surface area contributed by atoms with Crippen LogP contribution >= 0.6 is 0 Å². The van der Waals surface area contributed by atoms with Crippen molar-refractivity contribution in [3.63, 3.8) is 0 Å². The highest BCUT2D eigenvalue weighted by Crippen LogP contribution is 2.30. The van der Waals surface area contributed by atoms with Crippen molar-refractivity contribution in [3.05, 3.63) is 59.4 Å². The molecule has 0 aliphatic carbocycles. The lowest BCUT2D eigenvalue weighted by Crippen LogP contribution is -2.39. The molecular formula is C19H22FN3O3S. The molecule has 144 valence electrons. The van der Waals surface area contributed by atoms with Crippen LogP contribution < -0.4 is 14.9 Å². The molecule has 0 saturated carbocycles. The highest BCUT2D eigenvalue weighted by Gasteiger charge is 2.26. The first-order chi connectivity index (χ1) is 12.9. The van der Waals surface area contributed by atoms with Crippen LogP contribution in [0.4, 0.5) is 14.9 Å². The van der Waals surface area contributed by atoms with Gasteiger partial charge in [0.25, 0.3) is 0 Å². The van der Waals surface area contributed by atoms with Gasteiger partial charge in [-0.15, -0.1) is 0 Å². The number of halogens is 1. The fraction of sp³-hybridized carbons (Fsp3) is 0.316. The summed E-state index contributed by atoms with van der Waals surface area (Å²) >= 11 is 0. The van der Waals surface area contributed by atoms with Crippen LogP contribution in [0.5, 0.6) is 0 Å². The molecule has 0 aromatic heterocycles. The topological polar surface area (TPSA) is 78.5 Å². The van der Waals surface area contributed by atoms with E-state index >= 15 is 0 Å². The van der Waals surface area contributed by atoms with E-state index in [1.54, 1.807) is 17.0 Å². The number of sulfonamides is 1. The number of benzene rings is 2. The fourth-order valence-electron chi connectivity index (χ4n) is 2.95. The molecule has 1 heterocycles. The zero-order chi connectivity index (χ0) is 19.4. The van der Waals surface area contributed by atoms with E-state index in [1.165, 1.54) is 30.3 Å². The molecule has 0 unspecified atom stereocenters. The molecule has 8 heteroatoms. The molecule has 0 bridgehead atoms. The normalized spacial score (nSPS) is 13.5. The van der Waals surface area contributed by atoms with Gasteiger partial charge in [0.05, 0.1) is 4.90 Å². The summed E-state index contributed by atoms with van der Waals surface area (Å²) in [5, 5.41) is 2.83. The van der Waals surface area contributed by atoms with E-state index in [-0.39, 0.29) is 23.3 Å². The van der Waals surface area contributed by atoms with Gasteiger partial charge >= 0.3 is 6.03 Å². The number of carbonyl (C=O) groups is 1. The molecular weight excluding hydrogens is 369 g/mol. The summed E-state index contributed by atoms with van der Waals surface area (Å²) in [5.74, 6) is -0.368. The Balaban J connectivity index is 1.72. The van der Waals surface area contributed by atoms with Crippen LogP contribution in [-0.4, -0.2) is 27.5 Å². The second-order valence-corrected chi connectivity index (χ2v) is 8.14. The Kier molecular flexibility index (Phi) is 5.76. The highest BCUT2D eigenvalue weighted by molar-refractivity contribution is 7.89. The van der Waals surface area contributed by atoms with Gasteiger partial charge in [0, 0.05) is 25.3 Å². The quantitative estimate of drug-likeness (QED) is 0.795. The number of hydrogen-bond acceptors (Lipinski definition) is 3. The molecule has 0 spiro atoms. The number of hydrogen-bond donors (Lipinski definition) is 2. The van der Waals surface area contributed by atoms with Crippen molar-refractivity contribution in [2.75, 3.05) is 18.0 Å². The predicted octanol–water partition coefficient (Wildman–Crippen LogP) is 2.79. The van der Waals surface area contributed by atoms with Crippen LogP contribution in [0.1, 0.15) is 24.5 Å². The average molecular weight is 391 g/mol. The maximum absolute atomic E-state index is 12.9. The zero-order valence-electron chi connectivity index (χ0n) is 15.0. The van der Waals surface area contributed by atoms with E-state index in [0.717, 1.165) is 17.7 Å². The lowest BCUT2D eigenvalue weighted by atomic mass is 10.2. The molecule has 1 aliphatic rings. The van der Waals surface area contributed by atoms with Crippen LogP contribution in [0.2, 0.25) is 0 Å². The van der Waals surface area contributed by atoms with Gasteiger partial charge in [0.2, 0.25) is 10.0 Å². The van der Waals surface area contributed by atoms with E-state index in [2.05, 4.69) is 10.0 Å². The summed E-state index contributed by atoms with van der Waals surface area (Å²) in [6.45, 7) is 3.18. The van der Waals surface area contributed by atoms with Crippen molar-refractivity contribution in [2.45, 2.75) is 31.2 Å². The van der Waals surface area contributed by atoms with Gasteiger partial charge in [0.1, 0.15) is 5.82 Å². The minimum atomic E-state index is -3.70. The summed E-state index contributed by atoms with van der Waals surface area (Å²) in [6.07, 6.45) is 1.46. The molecule has 1 aliphatic heterocycles. The Morgan fingerprint density at radius 3 is 2.63 bits per heavy atom. The highest BCUT2D eigenvalue weighted by atomic mass is 32.2. The van der Waals surface area contributed by atoms with Crippen LogP contribution in [0.15, 0.2) is 47.4 Å². The summed E-state index contributed by atoms with van der Waals surface area (Å²) in [7, 11) is -3.70. The Hall–Kier alpha value is -2.45. The second-order valence-electron chi connectivity index (χ2n) is 6.38. The third-order valence-electron chi connectivity index (χ3n) is 4.41. The molecule has 6 nitrogen and oxygen atoms in total. The average Bonchev–Trinajstić information content (AvgIpc) is 3.09.